The molecule has 0 radical (unpaired) electrons. The molecule has 0 unspecified atom stereocenters. The SMILES string of the molecule is CNC(C)(C)C1=CCc2cc(Br)ccc21. The molecule has 0 aliphatic heterocycles. The van der Waals surface area contributed by atoms with Crippen LogP contribution in [-0.2, 0) is 6.42 Å². The third kappa shape index (κ3) is 1.88. The summed E-state index contributed by atoms with van der Waals surface area (Å²) in [6, 6.07) is 6.53. The lowest BCUT2D eigenvalue weighted by Crippen LogP contribution is -2.36. The maximum Gasteiger partial charge on any atom is 0.0377 e. The molecule has 0 spiro atoms. The van der Waals surface area contributed by atoms with Gasteiger partial charge in [0.05, 0.1) is 0 Å². The number of fused-ring (bicyclic) bond motifs is 1. The zero-order valence-corrected chi connectivity index (χ0v) is 11.0. The molecule has 1 aliphatic carbocycles. The van der Waals surface area contributed by atoms with E-state index in [1.165, 1.54) is 16.7 Å². The Morgan fingerprint density at radius 1 is 1.33 bits per heavy atom. The van der Waals surface area contributed by atoms with E-state index in [-0.39, 0.29) is 5.54 Å². The summed E-state index contributed by atoms with van der Waals surface area (Å²) in [5.74, 6) is 0. The second-order valence-electron chi connectivity index (χ2n) is 4.50. The number of likely N-dealkylation sites (N-methyl/N-ethyl adjacent to an activating group) is 1. The van der Waals surface area contributed by atoms with Crippen molar-refractivity contribution in [3.8, 4) is 0 Å². The zero-order valence-electron chi connectivity index (χ0n) is 9.39. The number of rotatable bonds is 2. The Bertz CT molecular complexity index is 419. The van der Waals surface area contributed by atoms with Crippen molar-refractivity contribution in [2.45, 2.75) is 25.8 Å². The van der Waals surface area contributed by atoms with Crippen LogP contribution in [0.25, 0.3) is 5.57 Å². The van der Waals surface area contributed by atoms with Gasteiger partial charge in [0.1, 0.15) is 0 Å². The largest absolute Gasteiger partial charge is 0.311 e. The van der Waals surface area contributed by atoms with Crippen LogP contribution in [0.3, 0.4) is 0 Å². The highest BCUT2D eigenvalue weighted by Gasteiger charge is 2.26. The summed E-state index contributed by atoms with van der Waals surface area (Å²) in [4.78, 5) is 0. The van der Waals surface area contributed by atoms with Gasteiger partial charge in [-0.1, -0.05) is 28.1 Å². The zero-order chi connectivity index (χ0) is 11.1. The molecule has 1 aliphatic rings. The third-order valence-corrected chi connectivity index (χ3v) is 3.68. The van der Waals surface area contributed by atoms with Crippen LogP contribution in [0.5, 0.6) is 0 Å². The quantitative estimate of drug-likeness (QED) is 0.865. The summed E-state index contributed by atoms with van der Waals surface area (Å²) >= 11 is 3.51. The molecule has 15 heavy (non-hydrogen) atoms. The molecular formula is C13H16BrN. The van der Waals surface area contributed by atoms with Gasteiger partial charge < -0.3 is 5.32 Å². The maximum atomic E-state index is 3.51. The Morgan fingerprint density at radius 3 is 2.73 bits per heavy atom. The van der Waals surface area contributed by atoms with Gasteiger partial charge >= 0.3 is 0 Å². The maximum absolute atomic E-state index is 3.51. The highest BCUT2D eigenvalue weighted by atomic mass is 79.9. The molecule has 0 heterocycles. The number of halogens is 1. The Balaban J connectivity index is 2.43. The first kappa shape index (κ1) is 10.9. The van der Waals surface area contributed by atoms with E-state index in [0.29, 0.717) is 0 Å². The number of hydrogen-bond donors (Lipinski definition) is 1. The van der Waals surface area contributed by atoms with Gasteiger partial charge in [-0.25, -0.2) is 0 Å². The minimum atomic E-state index is 0.0546. The van der Waals surface area contributed by atoms with Crippen molar-refractivity contribution in [2.75, 3.05) is 7.05 Å². The van der Waals surface area contributed by atoms with Crippen LogP contribution in [0, 0.1) is 0 Å². The topological polar surface area (TPSA) is 12.0 Å². The minimum Gasteiger partial charge on any atom is -0.311 e. The van der Waals surface area contributed by atoms with Crippen LogP contribution >= 0.6 is 15.9 Å². The third-order valence-electron chi connectivity index (χ3n) is 3.18. The number of nitrogens with one attached hydrogen (secondary N) is 1. The molecule has 0 amide bonds. The van der Waals surface area contributed by atoms with Crippen LogP contribution in [0.15, 0.2) is 28.7 Å². The monoisotopic (exact) mass is 265 g/mol. The lowest BCUT2D eigenvalue weighted by atomic mass is 9.90. The summed E-state index contributed by atoms with van der Waals surface area (Å²) in [5.41, 5.74) is 4.27. The van der Waals surface area contributed by atoms with Gasteiger partial charge in [0, 0.05) is 10.0 Å². The molecule has 0 saturated carbocycles. The summed E-state index contributed by atoms with van der Waals surface area (Å²) in [6.45, 7) is 4.44. The van der Waals surface area contributed by atoms with E-state index >= 15 is 0 Å². The summed E-state index contributed by atoms with van der Waals surface area (Å²) < 4.78 is 1.16. The average molecular weight is 266 g/mol. The number of allylic oxidation sites excluding steroid dienone is 1. The van der Waals surface area contributed by atoms with Gasteiger partial charge in [-0.2, -0.15) is 0 Å². The van der Waals surface area contributed by atoms with Gasteiger partial charge in [-0.05, 0) is 56.1 Å². The van der Waals surface area contributed by atoms with Gasteiger partial charge in [0.2, 0.25) is 0 Å². The fourth-order valence-electron chi connectivity index (χ4n) is 2.04. The van der Waals surface area contributed by atoms with E-state index in [0.717, 1.165) is 10.9 Å². The predicted octanol–water partition coefficient (Wildman–Crippen LogP) is 3.39. The van der Waals surface area contributed by atoms with Crippen molar-refractivity contribution < 1.29 is 0 Å². The van der Waals surface area contributed by atoms with Crippen LogP contribution in [0.4, 0.5) is 0 Å². The summed E-state index contributed by atoms with van der Waals surface area (Å²) in [5, 5.41) is 3.36. The fraction of sp³-hybridized carbons (Fsp3) is 0.385. The second-order valence-corrected chi connectivity index (χ2v) is 5.41. The molecule has 2 heteroatoms. The Morgan fingerprint density at radius 2 is 2.07 bits per heavy atom. The van der Waals surface area contributed by atoms with E-state index in [9.17, 15) is 0 Å². The van der Waals surface area contributed by atoms with E-state index in [1.54, 1.807) is 0 Å². The predicted molar refractivity (Wildman–Crippen MR) is 69.0 cm³/mol. The molecule has 1 aromatic carbocycles. The molecule has 2 rings (SSSR count). The van der Waals surface area contributed by atoms with Crippen molar-refractivity contribution in [1.82, 2.24) is 5.32 Å². The van der Waals surface area contributed by atoms with Crippen LogP contribution in [0.1, 0.15) is 25.0 Å². The van der Waals surface area contributed by atoms with Gasteiger partial charge in [0.25, 0.3) is 0 Å². The van der Waals surface area contributed by atoms with E-state index < -0.39 is 0 Å². The molecule has 0 aromatic heterocycles. The summed E-state index contributed by atoms with van der Waals surface area (Å²) in [6.07, 6.45) is 3.38. The van der Waals surface area contributed by atoms with Crippen molar-refractivity contribution in [1.29, 1.82) is 0 Å². The van der Waals surface area contributed by atoms with Crippen LogP contribution < -0.4 is 5.32 Å². The molecule has 1 N–H and O–H groups in total. The molecule has 80 valence electrons. The second kappa shape index (κ2) is 3.76. The van der Waals surface area contributed by atoms with Crippen molar-refractivity contribution in [3.05, 3.63) is 39.9 Å². The molecule has 0 saturated heterocycles. The van der Waals surface area contributed by atoms with Gasteiger partial charge in [-0.3, -0.25) is 0 Å². The van der Waals surface area contributed by atoms with Crippen molar-refractivity contribution >= 4 is 21.5 Å². The smallest absolute Gasteiger partial charge is 0.0377 e. The highest BCUT2D eigenvalue weighted by molar-refractivity contribution is 9.10. The average Bonchev–Trinajstić information content (AvgIpc) is 2.61. The molecule has 0 fully saturated rings. The normalized spacial score (nSPS) is 15.1. The molecule has 1 aromatic rings. The minimum absolute atomic E-state index is 0.0546. The molecular weight excluding hydrogens is 250 g/mol. The first-order valence-corrected chi connectivity index (χ1v) is 6.02. The van der Waals surface area contributed by atoms with Gasteiger partial charge in [-0.15, -0.1) is 0 Å². The first-order valence-electron chi connectivity index (χ1n) is 5.23. The first-order chi connectivity index (χ1) is 7.04. The Labute approximate surface area is 99.7 Å². The standard InChI is InChI=1S/C13H16BrN/c1-13(2,15-3)12-7-4-9-8-10(14)5-6-11(9)12/h5-8,15H,4H2,1-3H3. The Hall–Kier alpha value is -0.600. The number of benzene rings is 1. The lowest BCUT2D eigenvalue weighted by Gasteiger charge is -2.27. The fourth-order valence-corrected chi connectivity index (χ4v) is 2.45. The van der Waals surface area contributed by atoms with E-state index in [1.807, 2.05) is 7.05 Å². The van der Waals surface area contributed by atoms with Crippen molar-refractivity contribution in [3.63, 3.8) is 0 Å². The molecule has 0 bridgehead atoms. The molecule has 1 nitrogen and oxygen atoms in total. The van der Waals surface area contributed by atoms with E-state index in [4.69, 9.17) is 0 Å². The van der Waals surface area contributed by atoms with Crippen LogP contribution in [0.2, 0.25) is 0 Å². The lowest BCUT2D eigenvalue weighted by molar-refractivity contribution is 0.546. The van der Waals surface area contributed by atoms with Crippen LogP contribution in [-0.4, -0.2) is 12.6 Å². The summed E-state index contributed by atoms with van der Waals surface area (Å²) in [7, 11) is 2.01. The van der Waals surface area contributed by atoms with Gasteiger partial charge in [0.15, 0.2) is 0 Å². The molecule has 0 atom stereocenters. The highest BCUT2D eigenvalue weighted by Crippen LogP contribution is 2.36. The Kier molecular flexibility index (Phi) is 2.73. The van der Waals surface area contributed by atoms with E-state index in [2.05, 4.69) is 59.4 Å². The number of hydrogen-bond acceptors (Lipinski definition) is 1. The van der Waals surface area contributed by atoms with Crippen molar-refractivity contribution in [2.24, 2.45) is 0 Å².